The Morgan fingerprint density at radius 2 is 1.68 bits per heavy atom. The van der Waals surface area contributed by atoms with Crippen LogP contribution in [0.4, 0.5) is 0 Å². The number of fused-ring (bicyclic) bond motifs is 2. The van der Waals surface area contributed by atoms with Gasteiger partial charge in [-0.1, -0.05) is 27.7 Å². The van der Waals surface area contributed by atoms with Crippen molar-refractivity contribution in [3.8, 4) is 0 Å². The molecule has 2 amide bonds. The second-order valence-electron chi connectivity index (χ2n) is 8.90. The monoisotopic (exact) mass is 350 g/mol. The number of hydrogen-bond acceptors (Lipinski definition) is 2. The highest BCUT2D eigenvalue weighted by molar-refractivity contribution is 5.77. The Morgan fingerprint density at radius 3 is 2.20 bits per heavy atom. The van der Waals surface area contributed by atoms with Gasteiger partial charge in [0.05, 0.1) is 0 Å². The van der Waals surface area contributed by atoms with Gasteiger partial charge in [-0.05, 0) is 63.2 Å². The van der Waals surface area contributed by atoms with Crippen molar-refractivity contribution in [3.63, 3.8) is 0 Å². The lowest BCUT2D eigenvalue weighted by Crippen LogP contribution is -2.48. The molecule has 25 heavy (non-hydrogen) atoms. The van der Waals surface area contributed by atoms with Crippen LogP contribution in [-0.2, 0) is 9.59 Å². The van der Waals surface area contributed by atoms with Gasteiger partial charge in [-0.25, -0.2) is 0 Å². The molecule has 0 saturated carbocycles. The van der Waals surface area contributed by atoms with Gasteiger partial charge in [-0.15, -0.1) is 0 Å². The Morgan fingerprint density at radius 1 is 1.08 bits per heavy atom. The number of carbonyl (C=O) groups excluding carboxylic acids is 2. The summed E-state index contributed by atoms with van der Waals surface area (Å²) in [5.41, 5.74) is 0. The summed E-state index contributed by atoms with van der Waals surface area (Å²) in [7, 11) is 0. The van der Waals surface area contributed by atoms with Crippen LogP contribution < -0.4 is 5.32 Å². The number of hydrogen-bond donors (Lipinski definition) is 1. The molecule has 0 aromatic carbocycles. The van der Waals surface area contributed by atoms with E-state index in [-0.39, 0.29) is 11.9 Å². The fourth-order valence-electron chi connectivity index (χ4n) is 4.64. The lowest BCUT2D eigenvalue weighted by Gasteiger charge is -2.40. The second kappa shape index (κ2) is 9.05. The van der Waals surface area contributed by atoms with Gasteiger partial charge >= 0.3 is 0 Å². The van der Waals surface area contributed by atoms with Gasteiger partial charge < -0.3 is 10.2 Å². The van der Waals surface area contributed by atoms with Crippen molar-refractivity contribution in [2.24, 2.45) is 17.8 Å². The summed E-state index contributed by atoms with van der Waals surface area (Å²) in [6, 6.07) is 1.12. The number of carbonyl (C=O) groups is 2. The van der Waals surface area contributed by atoms with Crippen LogP contribution >= 0.6 is 0 Å². The quantitative estimate of drug-likeness (QED) is 0.715. The smallest absolute Gasteiger partial charge is 0.223 e. The predicted molar refractivity (Wildman–Crippen MR) is 102 cm³/mol. The molecule has 2 fully saturated rings. The van der Waals surface area contributed by atoms with Crippen molar-refractivity contribution in [3.05, 3.63) is 0 Å². The molecule has 2 aliphatic heterocycles. The van der Waals surface area contributed by atoms with E-state index in [0.29, 0.717) is 48.6 Å². The number of piperidine rings is 1. The fraction of sp³-hybridized carbons (Fsp3) is 0.905. The summed E-state index contributed by atoms with van der Waals surface area (Å²) in [5.74, 6) is 2.20. The maximum atomic E-state index is 12.8. The summed E-state index contributed by atoms with van der Waals surface area (Å²) >= 11 is 0. The average Bonchev–Trinajstić information content (AvgIpc) is 2.78. The zero-order valence-corrected chi connectivity index (χ0v) is 16.9. The molecule has 0 aromatic rings. The Balaban J connectivity index is 1.85. The highest BCUT2D eigenvalue weighted by Gasteiger charge is 2.43. The molecule has 4 unspecified atom stereocenters. The normalized spacial score (nSPS) is 28.1. The minimum atomic E-state index is 0.174. The maximum absolute atomic E-state index is 12.8. The Kier molecular flexibility index (Phi) is 7.33. The van der Waals surface area contributed by atoms with E-state index in [4.69, 9.17) is 0 Å². The number of nitrogens with one attached hydrogen (secondary N) is 1. The zero-order valence-electron chi connectivity index (χ0n) is 16.9. The fourth-order valence-corrected chi connectivity index (χ4v) is 4.64. The highest BCUT2D eigenvalue weighted by Crippen LogP contribution is 2.41. The van der Waals surface area contributed by atoms with Crippen LogP contribution in [0.5, 0.6) is 0 Å². The third-order valence-corrected chi connectivity index (χ3v) is 6.32. The third kappa shape index (κ3) is 5.46. The molecule has 4 nitrogen and oxygen atoms in total. The van der Waals surface area contributed by atoms with Crippen molar-refractivity contribution in [2.75, 3.05) is 0 Å². The number of rotatable bonds is 8. The van der Waals surface area contributed by atoms with Crippen LogP contribution in [0.3, 0.4) is 0 Å². The molecule has 2 saturated heterocycles. The first-order valence-corrected chi connectivity index (χ1v) is 10.4. The van der Waals surface area contributed by atoms with Crippen molar-refractivity contribution in [1.29, 1.82) is 0 Å². The molecule has 2 bridgehead atoms. The lowest BCUT2D eigenvalue weighted by molar-refractivity contribution is -0.137. The van der Waals surface area contributed by atoms with Crippen molar-refractivity contribution >= 4 is 11.8 Å². The summed E-state index contributed by atoms with van der Waals surface area (Å²) in [4.78, 5) is 26.8. The lowest BCUT2D eigenvalue weighted by atomic mass is 9.85. The van der Waals surface area contributed by atoms with E-state index in [1.54, 1.807) is 0 Å². The second-order valence-corrected chi connectivity index (χ2v) is 8.90. The highest BCUT2D eigenvalue weighted by atomic mass is 16.2. The number of nitrogens with zero attached hydrogens (tertiary/aromatic N) is 1. The van der Waals surface area contributed by atoms with Crippen LogP contribution in [0.25, 0.3) is 0 Å². The molecule has 4 heteroatoms. The summed E-state index contributed by atoms with van der Waals surface area (Å²) in [6.07, 6.45) is 7.83. The first-order valence-electron chi connectivity index (χ1n) is 10.4. The van der Waals surface area contributed by atoms with Crippen LogP contribution in [0.15, 0.2) is 0 Å². The molecule has 2 heterocycles. The van der Waals surface area contributed by atoms with Crippen LogP contribution in [0, 0.1) is 17.8 Å². The molecule has 0 aliphatic carbocycles. The third-order valence-electron chi connectivity index (χ3n) is 6.32. The van der Waals surface area contributed by atoms with E-state index in [0.717, 1.165) is 25.7 Å². The van der Waals surface area contributed by atoms with Gasteiger partial charge in [0.25, 0.3) is 0 Å². The first-order chi connectivity index (χ1) is 11.8. The first kappa shape index (κ1) is 20.3. The van der Waals surface area contributed by atoms with Gasteiger partial charge in [-0.3, -0.25) is 9.59 Å². The minimum absolute atomic E-state index is 0.174. The Bertz CT molecular complexity index is 449. The predicted octanol–water partition coefficient (Wildman–Crippen LogP) is 4.13. The molecule has 0 spiro atoms. The summed E-state index contributed by atoms with van der Waals surface area (Å²) < 4.78 is 0. The van der Waals surface area contributed by atoms with Gasteiger partial charge in [0.1, 0.15) is 0 Å². The summed E-state index contributed by atoms with van der Waals surface area (Å²) in [6.45, 7) is 10.8. The molecule has 1 N–H and O–H groups in total. The molecule has 2 aliphatic rings. The maximum Gasteiger partial charge on any atom is 0.223 e. The van der Waals surface area contributed by atoms with Crippen LogP contribution in [0.1, 0.15) is 86.0 Å². The molecular weight excluding hydrogens is 312 g/mol. The largest absolute Gasteiger partial charge is 0.354 e. The molecule has 4 atom stereocenters. The zero-order chi connectivity index (χ0) is 18.6. The van der Waals surface area contributed by atoms with Gasteiger partial charge in [0, 0.05) is 31.0 Å². The van der Waals surface area contributed by atoms with Crippen molar-refractivity contribution in [1.82, 2.24) is 10.2 Å². The Labute approximate surface area is 154 Å². The molecule has 0 radical (unpaired) electrons. The Hall–Kier alpha value is -1.06. The standard InChI is InChI=1S/C21H38N2O2/c1-6-7-20(24)22-16(5)11-17-12-18-8-9-19(13-17)23(18)21(25)10-15(4)14(2)3/h14-19H,6-13H2,1-5H3,(H,22,24). The van der Waals surface area contributed by atoms with Crippen molar-refractivity contribution in [2.45, 2.75) is 104 Å². The molecule has 144 valence electrons. The van der Waals surface area contributed by atoms with E-state index >= 15 is 0 Å². The van der Waals surface area contributed by atoms with E-state index < -0.39 is 0 Å². The average molecular weight is 351 g/mol. The minimum Gasteiger partial charge on any atom is -0.354 e. The number of amides is 2. The van der Waals surface area contributed by atoms with Gasteiger partial charge in [-0.2, -0.15) is 0 Å². The van der Waals surface area contributed by atoms with E-state index in [9.17, 15) is 9.59 Å². The topological polar surface area (TPSA) is 49.4 Å². The molecule has 2 rings (SSSR count). The van der Waals surface area contributed by atoms with Crippen LogP contribution in [-0.4, -0.2) is 34.8 Å². The van der Waals surface area contributed by atoms with E-state index in [1.165, 1.54) is 12.8 Å². The molecule has 0 aromatic heterocycles. The van der Waals surface area contributed by atoms with E-state index in [1.807, 2.05) is 6.92 Å². The van der Waals surface area contributed by atoms with Gasteiger partial charge in [0.2, 0.25) is 11.8 Å². The van der Waals surface area contributed by atoms with Crippen LogP contribution in [0.2, 0.25) is 0 Å². The van der Waals surface area contributed by atoms with E-state index in [2.05, 4.69) is 37.9 Å². The summed E-state index contributed by atoms with van der Waals surface area (Å²) in [5, 5.41) is 3.13. The SMILES string of the molecule is CCCC(=O)NC(C)CC1CC2CCC(C1)N2C(=O)CC(C)C(C)C. The molecular formula is C21H38N2O2. The van der Waals surface area contributed by atoms with Gasteiger partial charge in [0.15, 0.2) is 0 Å². The van der Waals surface area contributed by atoms with Crippen molar-refractivity contribution < 1.29 is 9.59 Å².